The lowest BCUT2D eigenvalue weighted by Gasteiger charge is -2.44. The van der Waals surface area contributed by atoms with Crippen LogP contribution in [0.25, 0.3) is 0 Å². The minimum atomic E-state index is -2.19. The van der Waals surface area contributed by atoms with Gasteiger partial charge < -0.3 is 9.47 Å². The number of carbonyl (C=O) groups excluding carboxylic acids is 2. The molecule has 2 aromatic heterocycles. The number of esters is 2. The highest BCUT2D eigenvalue weighted by Crippen LogP contribution is 2.75. The van der Waals surface area contributed by atoms with Crippen LogP contribution in [0.3, 0.4) is 0 Å². The number of thiophene rings is 2. The molecular weight excluding hydrogens is 472 g/mol. The van der Waals surface area contributed by atoms with E-state index in [2.05, 4.69) is 13.8 Å². The number of hydrazone groups is 1. The summed E-state index contributed by atoms with van der Waals surface area (Å²) in [4.78, 5) is 28.2. The van der Waals surface area contributed by atoms with Crippen LogP contribution in [0.1, 0.15) is 23.6 Å². The van der Waals surface area contributed by atoms with Gasteiger partial charge in [-0.15, -0.1) is 22.7 Å². The summed E-state index contributed by atoms with van der Waals surface area (Å²) >= 11 is 2.89. The Morgan fingerprint density at radius 3 is 2.18 bits per heavy atom. The second-order valence-corrected chi connectivity index (χ2v) is 10.9. The highest BCUT2D eigenvalue weighted by atomic mass is 32.1. The van der Waals surface area contributed by atoms with Crippen molar-refractivity contribution < 1.29 is 19.1 Å². The molecule has 3 aliphatic rings. The van der Waals surface area contributed by atoms with Gasteiger partial charge in [0.2, 0.25) is 0 Å². The van der Waals surface area contributed by atoms with E-state index in [1.54, 1.807) is 0 Å². The summed E-state index contributed by atoms with van der Waals surface area (Å²) < 4.78 is 10.2. The maximum Gasteiger partial charge on any atom is 0.339 e. The molecule has 8 nitrogen and oxygen atoms in total. The Balaban J connectivity index is 1.96. The third-order valence-corrected chi connectivity index (χ3v) is 9.08. The van der Waals surface area contributed by atoms with Crippen molar-refractivity contribution in [2.45, 2.75) is 24.9 Å². The normalized spacial score (nSPS) is 27.6. The van der Waals surface area contributed by atoms with Gasteiger partial charge in [0, 0.05) is 16.7 Å². The van der Waals surface area contributed by atoms with Crippen molar-refractivity contribution >= 4 is 40.3 Å². The number of carbonyl (C=O) groups is 2. The molecule has 172 valence electrons. The van der Waals surface area contributed by atoms with Crippen LogP contribution in [-0.2, 0) is 24.6 Å². The number of methoxy groups -OCH3 is 2. The third kappa shape index (κ3) is 2.42. The van der Waals surface area contributed by atoms with Gasteiger partial charge in [-0.2, -0.15) is 15.6 Å². The summed E-state index contributed by atoms with van der Waals surface area (Å²) in [5.74, 6) is -2.05. The summed E-state index contributed by atoms with van der Waals surface area (Å²) in [6, 6.07) is 11.6. The van der Waals surface area contributed by atoms with Crippen LogP contribution in [0.15, 0.2) is 51.3 Å². The van der Waals surface area contributed by atoms with Crippen molar-refractivity contribution in [3.8, 4) is 12.1 Å². The molecule has 2 aliphatic heterocycles. The number of rotatable bonds is 4. The van der Waals surface area contributed by atoms with Crippen molar-refractivity contribution in [3.63, 3.8) is 0 Å². The average Bonchev–Trinajstić information content (AvgIpc) is 3.40. The van der Waals surface area contributed by atoms with E-state index in [-0.39, 0.29) is 28.4 Å². The number of hydrogen-bond acceptors (Lipinski definition) is 10. The van der Waals surface area contributed by atoms with E-state index < -0.39 is 23.0 Å². The van der Waals surface area contributed by atoms with Gasteiger partial charge >= 0.3 is 11.9 Å². The smallest absolute Gasteiger partial charge is 0.339 e. The summed E-state index contributed by atoms with van der Waals surface area (Å²) in [6.07, 6.45) is 0. The van der Waals surface area contributed by atoms with Crippen LogP contribution >= 0.6 is 22.7 Å². The molecule has 0 amide bonds. The number of fused-ring (bicyclic) bond motifs is 3. The first-order chi connectivity index (χ1) is 16.3. The van der Waals surface area contributed by atoms with Crippen LogP contribution in [-0.4, -0.2) is 42.4 Å². The highest BCUT2D eigenvalue weighted by Gasteiger charge is 2.81. The maximum absolute atomic E-state index is 13.4. The van der Waals surface area contributed by atoms with Crippen LogP contribution in [0.4, 0.5) is 0 Å². The molecule has 0 N–H and O–H groups in total. The Morgan fingerprint density at radius 2 is 1.65 bits per heavy atom. The fourth-order valence-electron chi connectivity index (χ4n) is 5.83. The number of hydrogen-bond donors (Lipinski definition) is 0. The van der Waals surface area contributed by atoms with Gasteiger partial charge in [-0.1, -0.05) is 26.0 Å². The van der Waals surface area contributed by atoms with Gasteiger partial charge in [-0.05, 0) is 28.3 Å². The number of nitriles is 2. The molecule has 3 atom stereocenters. The van der Waals surface area contributed by atoms with Crippen molar-refractivity contribution in [1.82, 2.24) is 5.01 Å². The van der Waals surface area contributed by atoms with Gasteiger partial charge in [-0.25, -0.2) is 14.6 Å². The van der Waals surface area contributed by atoms with Gasteiger partial charge in [-0.3, -0.25) is 0 Å². The zero-order chi connectivity index (χ0) is 24.5. The second-order valence-electron chi connectivity index (χ2n) is 8.96. The first-order valence-electron chi connectivity index (χ1n) is 10.5. The van der Waals surface area contributed by atoms with Crippen LogP contribution in [0.2, 0.25) is 0 Å². The molecule has 0 saturated heterocycles. The summed E-state index contributed by atoms with van der Waals surface area (Å²) in [5, 5.41) is 31.0. The zero-order valence-corrected chi connectivity index (χ0v) is 20.5. The summed E-state index contributed by atoms with van der Waals surface area (Å²) in [6.45, 7) is 4.16. The minimum absolute atomic E-state index is 0.0537. The molecule has 5 rings (SSSR count). The lowest BCUT2D eigenvalue weighted by molar-refractivity contribution is -0.139. The maximum atomic E-state index is 13.4. The lowest BCUT2D eigenvalue weighted by Crippen LogP contribution is -2.55. The van der Waals surface area contributed by atoms with Crippen LogP contribution in [0.5, 0.6) is 0 Å². The molecule has 0 bridgehead atoms. The predicted molar refractivity (Wildman–Crippen MR) is 124 cm³/mol. The van der Waals surface area contributed by atoms with E-state index in [0.717, 1.165) is 17.7 Å². The van der Waals surface area contributed by atoms with E-state index in [0.29, 0.717) is 4.88 Å². The molecule has 1 fully saturated rings. The molecule has 0 spiro atoms. The SMILES string of the molecule is COC(=O)C1=C(C(=O)OC)[C@@]2(c3cccs3)[C@H]3[C@@H](C(c4cccs4)=NN2C1(C#N)C#N)C3(C)C. The Labute approximate surface area is 204 Å². The van der Waals surface area contributed by atoms with Crippen molar-refractivity contribution in [1.29, 1.82) is 10.5 Å². The molecule has 1 aliphatic carbocycles. The minimum Gasteiger partial charge on any atom is -0.466 e. The highest BCUT2D eigenvalue weighted by molar-refractivity contribution is 7.12. The van der Waals surface area contributed by atoms with Gasteiger partial charge in [0.05, 0.1) is 30.4 Å². The van der Waals surface area contributed by atoms with Crippen molar-refractivity contribution in [2.75, 3.05) is 14.2 Å². The van der Waals surface area contributed by atoms with E-state index in [4.69, 9.17) is 14.6 Å². The van der Waals surface area contributed by atoms with Gasteiger partial charge in [0.15, 0.2) is 0 Å². The number of nitrogens with zero attached hydrogens (tertiary/aromatic N) is 4. The summed E-state index contributed by atoms with van der Waals surface area (Å²) in [7, 11) is 2.37. The van der Waals surface area contributed by atoms with Gasteiger partial charge in [0.1, 0.15) is 23.3 Å². The van der Waals surface area contributed by atoms with Crippen molar-refractivity contribution in [3.05, 3.63) is 55.9 Å². The molecule has 10 heteroatoms. The standard InChI is InChI=1S/C24H20N4O4S2/c1-22(2)17-18(13-7-5-9-33-13)27-28-23(11-25,12-26)15(20(29)31-3)16(21(30)32-4)24(28,19(17)22)14-8-6-10-34-14/h5-10,17,19H,1-4H3/t17-,19+,24+/m1/s1. The number of ether oxygens (including phenoxy) is 2. The molecule has 4 heterocycles. The van der Waals surface area contributed by atoms with E-state index in [1.165, 1.54) is 34.8 Å². The van der Waals surface area contributed by atoms with Crippen LogP contribution in [0, 0.1) is 39.9 Å². The average molecular weight is 493 g/mol. The van der Waals surface area contributed by atoms with Gasteiger partial charge in [0.25, 0.3) is 5.54 Å². The fraction of sp³-hybridized carbons (Fsp3) is 0.375. The first kappa shape index (κ1) is 22.3. The molecular formula is C24H20N4O4S2. The molecule has 0 radical (unpaired) electrons. The Hall–Kier alpha value is -3.47. The predicted octanol–water partition coefficient (Wildman–Crippen LogP) is 3.44. The largest absolute Gasteiger partial charge is 0.466 e. The van der Waals surface area contributed by atoms with E-state index in [9.17, 15) is 20.1 Å². The monoisotopic (exact) mass is 492 g/mol. The quantitative estimate of drug-likeness (QED) is 0.600. The van der Waals surface area contributed by atoms with Crippen LogP contribution < -0.4 is 0 Å². The molecule has 2 aromatic rings. The molecule has 34 heavy (non-hydrogen) atoms. The Bertz CT molecular complexity index is 1330. The lowest BCUT2D eigenvalue weighted by atomic mass is 9.79. The first-order valence-corrected chi connectivity index (χ1v) is 12.2. The second kappa shape index (κ2) is 7.26. The third-order valence-electron chi connectivity index (χ3n) is 7.20. The topological polar surface area (TPSA) is 116 Å². The Kier molecular flexibility index (Phi) is 4.77. The van der Waals surface area contributed by atoms with E-state index in [1.807, 2.05) is 47.2 Å². The van der Waals surface area contributed by atoms with Crippen molar-refractivity contribution in [2.24, 2.45) is 22.4 Å². The Morgan fingerprint density at radius 1 is 1.03 bits per heavy atom. The molecule has 0 aromatic carbocycles. The zero-order valence-electron chi connectivity index (χ0n) is 18.9. The summed E-state index contributed by atoms with van der Waals surface area (Å²) in [5.41, 5.74) is -3.54. The molecule has 0 unspecified atom stereocenters. The van der Waals surface area contributed by atoms with E-state index >= 15 is 0 Å². The molecule has 1 saturated carbocycles. The fourth-order valence-corrected chi connectivity index (χ4v) is 7.54.